The average Bonchev–Trinajstić information content (AvgIpc) is 3.20. The summed E-state index contributed by atoms with van der Waals surface area (Å²) in [5.74, 6) is 0.993. The predicted molar refractivity (Wildman–Crippen MR) is 94.1 cm³/mol. The Bertz CT molecular complexity index is 967. The first-order chi connectivity index (χ1) is 12.1. The molecular weight excluding hydrogens is 318 g/mol. The lowest BCUT2D eigenvalue weighted by molar-refractivity contribution is -0.143. The Kier molecular flexibility index (Phi) is 3.60. The molecule has 0 amide bonds. The molecule has 6 nitrogen and oxygen atoms in total. The van der Waals surface area contributed by atoms with Crippen LogP contribution < -0.4 is 5.32 Å². The van der Waals surface area contributed by atoms with E-state index in [0.29, 0.717) is 17.3 Å². The minimum Gasteiger partial charge on any atom is -0.467 e. The number of carbonyl (C=O) groups excluding carboxylic acids is 1. The van der Waals surface area contributed by atoms with Gasteiger partial charge in [-0.3, -0.25) is 4.57 Å². The highest BCUT2D eigenvalue weighted by Crippen LogP contribution is 2.39. The fourth-order valence-corrected chi connectivity index (χ4v) is 3.22. The number of ether oxygens (including phenoxy) is 1. The highest BCUT2D eigenvalue weighted by atomic mass is 16.5. The van der Waals surface area contributed by atoms with E-state index in [4.69, 9.17) is 9.15 Å². The Morgan fingerprint density at radius 3 is 2.80 bits per heavy atom. The number of esters is 1. The van der Waals surface area contributed by atoms with E-state index < -0.39 is 6.04 Å². The third kappa shape index (κ3) is 2.50. The van der Waals surface area contributed by atoms with Crippen LogP contribution in [0.3, 0.4) is 0 Å². The number of hydrogen-bond donors (Lipinski definition) is 1. The smallest absolute Gasteiger partial charge is 0.338 e. The van der Waals surface area contributed by atoms with E-state index in [2.05, 4.69) is 10.3 Å². The molecule has 1 aliphatic heterocycles. The molecule has 3 aromatic rings. The van der Waals surface area contributed by atoms with Crippen molar-refractivity contribution in [2.75, 3.05) is 5.32 Å². The molecule has 0 fully saturated rings. The van der Waals surface area contributed by atoms with Crippen LogP contribution in [-0.4, -0.2) is 21.6 Å². The summed E-state index contributed by atoms with van der Waals surface area (Å²) in [6.45, 7) is 5.53. The van der Waals surface area contributed by atoms with Crippen molar-refractivity contribution in [2.24, 2.45) is 0 Å². The van der Waals surface area contributed by atoms with Crippen LogP contribution in [0.1, 0.15) is 32.6 Å². The van der Waals surface area contributed by atoms with Crippen LogP contribution in [0.2, 0.25) is 0 Å². The highest BCUT2D eigenvalue weighted by molar-refractivity contribution is 5.94. The van der Waals surface area contributed by atoms with E-state index >= 15 is 0 Å². The van der Waals surface area contributed by atoms with E-state index in [9.17, 15) is 4.79 Å². The molecule has 128 valence electrons. The number of benzene rings is 1. The minimum absolute atomic E-state index is 0.203. The summed E-state index contributed by atoms with van der Waals surface area (Å²) in [5.41, 5.74) is 3.02. The highest BCUT2D eigenvalue weighted by Gasteiger charge is 2.36. The summed E-state index contributed by atoms with van der Waals surface area (Å²) >= 11 is 0. The minimum atomic E-state index is -0.426. The summed E-state index contributed by atoms with van der Waals surface area (Å²) in [6, 6.07) is 11.1. The number of allylic oxidation sites excluding steroid dienone is 1. The molecule has 1 N–H and O–H groups in total. The zero-order valence-electron chi connectivity index (χ0n) is 14.3. The molecule has 4 rings (SSSR count). The number of furan rings is 1. The van der Waals surface area contributed by atoms with Gasteiger partial charge in [0.05, 0.1) is 29.0 Å². The van der Waals surface area contributed by atoms with Gasteiger partial charge in [-0.2, -0.15) is 0 Å². The number of carbonyl (C=O) groups is 1. The largest absolute Gasteiger partial charge is 0.467 e. The third-order valence-electron chi connectivity index (χ3n) is 4.21. The van der Waals surface area contributed by atoms with Gasteiger partial charge in [-0.15, -0.1) is 0 Å². The molecule has 0 aliphatic carbocycles. The van der Waals surface area contributed by atoms with E-state index in [-0.39, 0.29) is 12.1 Å². The molecule has 2 aromatic heterocycles. The van der Waals surface area contributed by atoms with Crippen molar-refractivity contribution in [3.05, 3.63) is 59.7 Å². The second-order valence-electron chi connectivity index (χ2n) is 6.33. The first-order valence-corrected chi connectivity index (χ1v) is 8.25. The number of rotatable bonds is 3. The number of imidazole rings is 1. The van der Waals surface area contributed by atoms with Gasteiger partial charge in [0.2, 0.25) is 5.95 Å². The SMILES string of the molecule is CC1=C(C(=O)OC(C)C)[C@H](c2ccco2)n2c(nc3ccccc32)N1. The molecule has 0 bridgehead atoms. The third-order valence-corrected chi connectivity index (χ3v) is 4.21. The Morgan fingerprint density at radius 2 is 2.08 bits per heavy atom. The van der Waals surface area contributed by atoms with Crippen LogP contribution >= 0.6 is 0 Å². The van der Waals surface area contributed by atoms with Crippen molar-refractivity contribution in [3.63, 3.8) is 0 Å². The number of anilines is 1. The Balaban J connectivity index is 1.94. The normalized spacial score (nSPS) is 16.9. The number of hydrogen-bond acceptors (Lipinski definition) is 5. The van der Waals surface area contributed by atoms with Gasteiger partial charge in [0.15, 0.2) is 0 Å². The van der Waals surface area contributed by atoms with Gasteiger partial charge in [-0.05, 0) is 45.0 Å². The summed E-state index contributed by atoms with van der Waals surface area (Å²) in [6.07, 6.45) is 1.41. The molecular formula is C19H19N3O3. The van der Waals surface area contributed by atoms with Crippen molar-refractivity contribution in [1.29, 1.82) is 0 Å². The van der Waals surface area contributed by atoms with Crippen LogP contribution in [0.4, 0.5) is 5.95 Å². The van der Waals surface area contributed by atoms with E-state index in [0.717, 1.165) is 16.7 Å². The maximum absolute atomic E-state index is 12.8. The van der Waals surface area contributed by atoms with Crippen molar-refractivity contribution in [3.8, 4) is 0 Å². The van der Waals surface area contributed by atoms with Crippen molar-refractivity contribution in [2.45, 2.75) is 32.9 Å². The number of para-hydroxylation sites is 2. The zero-order chi connectivity index (χ0) is 17.6. The van der Waals surface area contributed by atoms with Gasteiger partial charge in [0.1, 0.15) is 11.8 Å². The van der Waals surface area contributed by atoms with E-state index in [1.165, 1.54) is 0 Å². The lowest BCUT2D eigenvalue weighted by Crippen LogP contribution is -2.29. The lowest BCUT2D eigenvalue weighted by Gasteiger charge is -2.29. The van der Waals surface area contributed by atoms with Gasteiger partial charge in [-0.1, -0.05) is 12.1 Å². The summed E-state index contributed by atoms with van der Waals surface area (Å²) in [4.78, 5) is 17.4. The summed E-state index contributed by atoms with van der Waals surface area (Å²) in [5, 5.41) is 3.23. The van der Waals surface area contributed by atoms with Crippen molar-refractivity contribution < 1.29 is 13.9 Å². The monoisotopic (exact) mass is 337 g/mol. The van der Waals surface area contributed by atoms with E-state index in [1.54, 1.807) is 6.26 Å². The Labute approximate surface area is 145 Å². The molecule has 0 radical (unpaired) electrons. The van der Waals surface area contributed by atoms with Crippen LogP contribution in [0.15, 0.2) is 58.3 Å². The van der Waals surface area contributed by atoms with Crippen LogP contribution in [0.5, 0.6) is 0 Å². The fraction of sp³-hybridized carbons (Fsp3) is 0.263. The van der Waals surface area contributed by atoms with Gasteiger partial charge in [0.25, 0.3) is 0 Å². The molecule has 1 atom stereocenters. The van der Waals surface area contributed by atoms with Crippen LogP contribution in [0.25, 0.3) is 11.0 Å². The molecule has 3 heterocycles. The first kappa shape index (κ1) is 15.5. The molecule has 0 saturated carbocycles. The van der Waals surface area contributed by atoms with E-state index in [1.807, 2.05) is 61.7 Å². The second-order valence-corrected chi connectivity index (χ2v) is 6.33. The average molecular weight is 337 g/mol. The quantitative estimate of drug-likeness (QED) is 0.735. The Hall–Kier alpha value is -3.02. The van der Waals surface area contributed by atoms with Gasteiger partial charge >= 0.3 is 5.97 Å². The van der Waals surface area contributed by atoms with Crippen molar-refractivity contribution >= 4 is 23.0 Å². The number of nitrogens with zero attached hydrogens (tertiary/aromatic N) is 2. The van der Waals surface area contributed by atoms with Crippen LogP contribution in [-0.2, 0) is 9.53 Å². The molecule has 1 aliphatic rings. The topological polar surface area (TPSA) is 69.3 Å². The van der Waals surface area contributed by atoms with Gasteiger partial charge in [-0.25, -0.2) is 9.78 Å². The molecule has 0 spiro atoms. The molecule has 6 heteroatoms. The summed E-state index contributed by atoms with van der Waals surface area (Å²) < 4.78 is 13.1. The maximum atomic E-state index is 12.8. The predicted octanol–water partition coefficient (Wildman–Crippen LogP) is 3.87. The summed E-state index contributed by atoms with van der Waals surface area (Å²) in [7, 11) is 0. The van der Waals surface area contributed by atoms with Crippen molar-refractivity contribution in [1.82, 2.24) is 9.55 Å². The fourth-order valence-electron chi connectivity index (χ4n) is 3.22. The molecule has 0 saturated heterocycles. The first-order valence-electron chi connectivity index (χ1n) is 8.25. The second kappa shape index (κ2) is 5.81. The molecule has 0 unspecified atom stereocenters. The maximum Gasteiger partial charge on any atom is 0.338 e. The van der Waals surface area contributed by atoms with Gasteiger partial charge < -0.3 is 14.5 Å². The zero-order valence-corrected chi connectivity index (χ0v) is 14.3. The van der Waals surface area contributed by atoms with Crippen LogP contribution in [0, 0.1) is 0 Å². The number of nitrogens with one attached hydrogen (secondary N) is 1. The molecule has 25 heavy (non-hydrogen) atoms. The number of fused-ring (bicyclic) bond motifs is 3. The standard InChI is InChI=1S/C19H19N3O3/c1-11(2)25-18(23)16-12(3)20-19-21-13-7-4-5-8-14(13)22(19)17(16)15-9-6-10-24-15/h4-11,17H,1-3H3,(H,20,21)/t17-/m0/s1. The molecule has 1 aromatic carbocycles. The number of aromatic nitrogens is 2. The van der Waals surface area contributed by atoms with Gasteiger partial charge in [0, 0.05) is 5.70 Å². The lowest BCUT2D eigenvalue weighted by atomic mass is 10.00. The Morgan fingerprint density at radius 1 is 1.28 bits per heavy atom.